The van der Waals surface area contributed by atoms with Gasteiger partial charge in [0, 0.05) is 24.3 Å². The molecule has 1 unspecified atom stereocenters. The largest absolute Gasteiger partial charge is 0.462 e. The van der Waals surface area contributed by atoms with E-state index >= 15 is 0 Å². The summed E-state index contributed by atoms with van der Waals surface area (Å²) < 4.78 is 18.2. The van der Waals surface area contributed by atoms with Gasteiger partial charge in [0.1, 0.15) is 5.82 Å². The topological polar surface area (TPSA) is 87.7 Å². The van der Waals surface area contributed by atoms with E-state index in [1.807, 2.05) is 6.92 Å². The molecule has 2 aromatic rings. The molecule has 8 heteroatoms. The molecule has 0 aliphatic carbocycles. The Kier molecular flexibility index (Phi) is 7.00. The molecular formula is C22H24FN3O4. The van der Waals surface area contributed by atoms with Crippen molar-refractivity contribution in [2.75, 3.05) is 23.4 Å². The molecule has 2 aromatic carbocycles. The van der Waals surface area contributed by atoms with Crippen molar-refractivity contribution in [3.05, 3.63) is 59.9 Å². The minimum atomic E-state index is -0.452. The van der Waals surface area contributed by atoms with Crippen LogP contribution < -0.4 is 15.5 Å². The van der Waals surface area contributed by atoms with E-state index in [1.54, 1.807) is 24.3 Å². The number of ether oxygens (including phenoxy) is 1. The maximum atomic E-state index is 13.1. The number of urea groups is 1. The molecular weight excluding hydrogens is 389 g/mol. The van der Waals surface area contributed by atoms with Crippen molar-refractivity contribution in [2.45, 2.75) is 32.2 Å². The van der Waals surface area contributed by atoms with Crippen molar-refractivity contribution in [2.24, 2.45) is 0 Å². The van der Waals surface area contributed by atoms with E-state index in [4.69, 9.17) is 4.74 Å². The van der Waals surface area contributed by atoms with Crippen LogP contribution in [0.5, 0.6) is 0 Å². The molecule has 0 spiro atoms. The molecule has 1 fully saturated rings. The van der Waals surface area contributed by atoms with Crippen LogP contribution in [0.25, 0.3) is 0 Å². The second kappa shape index (κ2) is 9.87. The summed E-state index contributed by atoms with van der Waals surface area (Å²) in [5, 5.41) is 5.44. The number of nitrogens with zero attached hydrogens (tertiary/aromatic N) is 1. The van der Waals surface area contributed by atoms with Gasteiger partial charge >= 0.3 is 12.0 Å². The van der Waals surface area contributed by atoms with Crippen LogP contribution in [-0.2, 0) is 9.53 Å². The van der Waals surface area contributed by atoms with E-state index in [9.17, 15) is 18.8 Å². The van der Waals surface area contributed by atoms with Gasteiger partial charge in [-0.25, -0.2) is 14.0 Å². The smallest absolute Gasteiger partial charge is 0.338 e. The molecule has 0 aromatic heterocycles. The summed E-state index contributed by atoms with van der Waals surface area (Å²) in [5.74, 6) is -0.915. The summed E-state index contributed by atoms with van der Waals surface area (Å²) in [5.41, 5.74) is 1.51. The van der Waals surface area contributed by atoms with E-state index in [-0.39, 0.29) is 24.2 Å². The number of esters is 1. The Morgan fingerprint density at radius 3 is 2.50 bits per heavy atom. The molecule has 3 amide bonds. The van der Waals surface area contributed by atoms with Crippen LogP contribution in [0.3, 0.4) is 0 Å². The van der Waals surface area contributed by atoms with E-state index in [2.05, 4.69) is 10.6 Å². The fourth-order valence-corrected chi connectivity index (χ4v) is 3.11. The molecule has 0 radical (unpaired) electrons. The Balaban J connectivity index is 1.50. The first kappa shape index (κ1) is 21.3. The highest BCUT2D eigenvalue weighted by atomic mass is 19.1. The number of halogens is 1. The van der Waals surface area contributed by atoms with Gasteiger partial charge in [0.15, 0.2) is 0 Å². The number of benzene rings is 2. The maximum Gasteiger partial charge on any atom is 0.338 e. The Labute approximate surface area is 174 Å². The van der Waals surface area contributed by atoms with Gasteiger partial charge in [-0.15, -0.1) is 0 Å². The van der Waals surface area contributed by atoms with Gasteiger partial charge in [0.05, 0.1) is 18.2 Å². The molecule has 1 atom stereocenters. The molecule has 30 heavy (non-hydrogen) atoms. The number of anilines is 2. The van der Waals surface area contributed by atoms with E-state index in [0.29, 0.717) is 30.1 Å². The van der Waals surface area contributed by atoms with Crippen molar-refractivity contribution < 1.29 is 23.5 Å². The van der Waals surface area contributed by atoms with Gasteiger partial charge in [0.25, 0.3) is 0 Å². The average molecular weight is 413 g/mol. The molecule has 1 aliphatic rings. The minimum Gasteiger partial charge on any atom is -0.462 e. The van der Waals surface area contributed by atoms with Crippen LogP contribution in [0, 0.1) is 5.82 Å². The molecule has 1 saturated heterocycles. The van der Waals surface area contributed by atoms with Crippen LogP contribution in [0.1, 0.15) is 36.5 Å². The predicted molar refractivity (Wildman–Crippen MR) is 111 cm³/mol. The first-order valence-electron chi connectivity index (χ1n) is 9.87. The molecule has 1 aliphatic heterocycles. The lowest BCUT2D eigenvalue weighted by Gasteiger charge is -2.17. The average Bonchev–Trinajstić information content (AvgIpc) is 3.09. The summed E-state index contributed by atoms with van der Waals surface area (Å²) in [6.07, 6.45) is 1.92. The maximum absolute atomic E-state index is 13.1. The minimum absolute atomic E-state index is 0.141. The number of rotatable bonds is 7. The fraction of sp³-hybridized carbons (Fsp3) is 0.318. The molecule has 158 valence electrons. The van der Waals surface area contributed by atoms with Gasteiger partial charge < -0.3 is 20.3 Å². The third kappa shape index (κ3) is 5.56. The molecule has 2 N–H and O–H groups in total. The Morgan fingerprint density at radius 2 is 1.83 bits per heavy atom. The summed E-state index contributed by atoms with van der Waals surface area (Å²) in [7, 11) is 0. The summed E-state index contributed by atoms with van der Waals surface area (Å²) >= 11 is 0. The zero-order valence-corrected chi connectivity index (χ0v) is 16.7. The summed E-state index contributed by atoms with van der Waals surface area (Å²) in [4.78, 5) is 37.9. The van der Waals surface area contributed by atoms with Crippen LogP contribution in [0.2, 0.25) is 0 Å². The van der Waals surface area contributed by atoms with Crippen molar-refractivity contribution in [3.8, 4) is 0 Å². The second-order valence-corrected chi connectivity index (χ2v) is 7.05. The van der Waals surface area contributed by atoms with Crippen LogP contribution in [0.15, 0.2) is 48.5 Å². The Morgan fingerprint density at radius 1 is 1.13 bits per heavy atom. The third-order valence-electron chi connectivity index (χ3n) is 4.71. The number of carbonyl (C=O) groups excluding carboxylic acids is 3. The number of hydrogen-bond acceptors (Lipinski definition) is 4. The fourth-order valence-electron chi connectivity index (χ4n) is 3.11. The number of hydrogen-bond donors (Lipinski definition) is 2. The molecule has 7 nitrogen and oxygen atoms in total. The van der Waals surface area contributed by atoms with Gasteiger partial charge in [-0.1, -0.05) is 13.3 Å². The Hall–Kier alpha value is -3.42. The molecule has 3 rings (SSSR count). The van der Waals surface area contributed by atoms with Gasteiger partial charge in [-0.05, 0) is 55.0 Å². The number of carbonyl (C=O) groups is 3. The highest BCUT2D eigenvalue weighted by Crippen LogP contribution is 2.22. The standard InChI is InChI=1S/C22H24FN3O4/c1-2-3-12-30-21(28)15-4-8-17(9-5-15)24-22(29)25-18-13-20(27)26(14-18)19-10-6-16(23)7-11-19/h4-11,18H,2-3,12-14H2,1H3,(H2,24,25,29). The number of nitrogens with one attached hydrogen (secondary N) is 2. The van der Waals surface area contributed by atoms with Crippen LogP contribution >= 0.6 is 0 Å². The third-order valence-corrected chi connectivity index (χ3v) is 4.71. The summed E-state index contributed by atoms with van der Waals surface area (Å²) in [6.45, 7) is 2.70. The summed E-state index contributed by atoms with van der Waals surface area (Å²) in [6, 6.07) is 11.2. The highest BCUT2D eigenvalue weighted by Gasteiger charge is 2.31. The lowest BCUT2D eigenvalue weighted by Crippen LogP contribution is -2.39. The molecule has 0 saturated carbocycles. The quantitative estimate of drug-likeness (QED) is 0.535. The normalized spacial score (nSPS) is 15.7. The van der Waals surface area contributed by atoms with Gasteiger partial charge in [0.2, 0.25) is 5.91 Å². The van der Waals surface area contributed by atoms with E-state index in [0.717, 1.165) is 12.8 Å². The van der Waals surface area contributed by atoms with E-state index < -0.39 is 12.0 Å². The first-order valence-corrected chi connectivity index (χ1v) is 9.87. The van der Waals surface area contributed by atoms with Crippen LogP contribution in [0.4, 0.5) is 20.6 Å². The lowest BCUT2D eigenvalue weighted by atomic mass is 10.2. The zero-order valence-electron chi connectivity index (χ0n) is 16.7. The van der Waals surface area contributed by atoms with Crippen molar-refractivity contribution >= 4 is 29.3 Å². The Bertz CT molecular complexity index is 900. The van der Waals surface area contributed by atoms with Crippen molar-refractivity contribution in [3.63, 3.8) is 0 Å². The monoisotopic (exact) mass is 413 g/mol. The van der Waals surface area contributed by atoms with E-state index in [1.165, 1.54) is 29.2 Å². The molecule has 0 bridgehead atoms. The number of unbranched alkanes of at least 4 members (excludes halogenated alkanes) is 1. The second-order valence-electron chi connectivity index (χ2n) is 7.05. The first-order chi connectivity index (χ1) is 14.5. The molecule has 1 heterocycles. The lowest BCUT2D eigenvalue weighted by molar-refractivity contribution is -0.117. The number of amides is 3. The van der Waals surface area contributed by atoms with Gasteiger partial charge in [-0.2, -0.15) is 0 Å². The predicted octanol–water partition coefficient (Wildman–Crippen LogP) is 3.71. The highest BCUT2D eigenvalue weighted by molar-refractivity contribution is 5.97. The SMILES string of the molecule is CCCCOC(=O)c1ccc(NC(=O)NC2CC(=O)N(c3ccc(F)cc3)C2)cc1. The zero-order chi connectivity index (χ0) is 21.5. The van der Waals surface area contributed by atoms with Crippen molar-refractivity contribution in [1.29, 1.82) is 0 Å². The van der Waals surface area contributed by atoms with Gasteiger partial charge in [-0.3, -0.25) is 4.79 Å². The van der Waals surface area contributed by atoms with Crippen LogP contribution in [-0.4, -0.2) is 37.1 Å². The van der Waals surface area contributed by atoms with Crippen molar-refractivity contribution in [1.82, 2.24) is 5.32 Å².